The van der Waals surface area contributed by atoms with Crippen LogP contribution in [0.15, 0.2) is 24.3 Å². The molecule has 2 heterocycles. The summed E-state index contributed by atoms with van der Waals surface area (Å²) < 4.78 is 5.45. The lowest BCUT2D eigenvalue weighted by atomic mass is 9.87. The Morgan fingerprint density at radius 3 is 2.28 bits per heavy atom. The van der Waals surface area contributed by atoms with Gasteiger partial charge in [0, 0.05) is 38.0 Å². The molecule has 1 aromatic rings. The number of carbonyl (C=O) groups excluding carboxylic acids is 2. The molecule has 29 heavy (non-hydrogen) atoms. The third kappa shape index (κ3) is 4.92. The zero-order chi connectivity index (χ0) is 20.1. The van der Waals surface area contributed by atoms with E-state index >= 15 is 0 Å². The highest BCUT2D eigenvalue weighted by molar-refractivity contribution is 5.96. The summed E-state index contributed by atoms with van der Waals surface area (Å²) in [6, 6.07) is 8.01. The van der Waals surface area contributed by atoms with Crippen LogP contribution >= 0.6 is 0 Å². The van der Waals surface area contributed by atoms with Crippen LogP contribution in [0.1, 0.15) is 44.9 Å². The molecule has 1 aliphatic carbocycles. The van der Waals surface area contributed by atoms with Crippen molar-refractivity contribution in [3.63, 3.8) is 0 Å². The maximum Gasteiger partial charge on any atom is 0.227 e. The van der Waals surface area contributed by atoms with E-state index in [0.717, 1.165) is 63.4 Å². The fourth-order valence-corrected chi connectivity index (χ4v) is 4.86. The number of rotatable bonds is 4. The molecule has 0 aromatic heterocycles. The van der Waals surface area contributed by atoms with Crippen LogP contribution in [-0.4, -0.2) is 56.1 Å². The van der Waals surface area contributed by atoms with Crippen LogP contribution in [0, 0.1) is 11.8 Å². The molecule has 2 aliphatic heterocycles. The van der Waals surface area contributed by atoms with Crippen molar-refractivity contribution in [2.45, 2.75) is 44.9 Å². The Labute approximate surface area is 173 Å². The molecule has 1 saturated carbocycles. The van der Waals surface area contributed by atoms with E-state index in [9.17, 15) is 9.59 Å². The van der Waals surface area contributed by atoms with Crippen molar-refractivity contribution < 1.29 is 14.3 Å². The van der Waals surface area contributed by atoms with Crippen LogP contribution in [0.5, 0.6) is 0 Å². The maximum absolute atomic E-state index is 12.9. The number of morpholine rings is 1. The molecule has 0 spiro atoms. The number of benzene rings is 1. The van der Waals surface area contributed by atoms with E-state index in [1.165, 1.54) is 19.3 Å². The van der Waals surface area contributed by atoms with E-state index in [1.54, 1.807) is 0 Å². The van der Waals surface area contributed by atoms with Gasteiger partial charge in [-0.25, -0.2) is 0 Å². The quantitative estimate of drug-likeness (QED) is 0.844. The van der Waals surface area contributed by atoms with Gasteiger partial charge in [0.2, 0.25) is 11.8 Å². The second kappa shape index (κ2) is 9.61. The molecule has 0 bridgehead atoms. The molecule has 2 amide bonds. The lowest BCUT2D eigenvalue weighted by Crippen LogP contribution is -2.44. The molecule has 0 radical (unpaired) electrons. The molecule has 4 rings (SSSR count). The summed E-state index contributed by atoms with van der Waals surface area (Å²) in [6.07, 6.45) is 7.21. The Morgan fingerprint density at radius 2 is 1.55 bits per heavy atom. The van der Waals surface area contributed by atoms with E-state index in [-0.39, 0.29) is 17.7 Å². The van der Waals surface area contributed by atoms with Crippen molar-refractivity contribution in [1.82, 2.24) is 4.90 Å². The lowest BCUT2D eigenvalue weighted by Gasteiger charge is -2.35. The number of hydrogen-bond acceptors (Lipinski definition) is 4. The van der Waals surface area contributed by atoms with E-state index < -0.39 is 0 Å². The Kier molecular flexibility index (Phi) is 6.70. The highest BCUT2D eigenvalue weighted by Gasteiger charge is 2.31. The molecule has 0 unspecified atom stereocenters. The zero-order valence-electron chi connectivity index (χ0n) is 17.3. The van der Waals surface area contributed by atoms with Crippen molar-refractivity contribution in [3.05, 3.63) is 24.3 Å². The standard InChI is InChI=1S/C23H33N3O3/c27-22(24-20-8-4-5-9-21(20)25-14-16-29-17-15-25)18-10-12-26(13-11-18)23(28)19-6-2-1-3-7-19/h4-5,8-9,18-19H,1-3,6-7,10-17H2,(H,24,27). The van der Waals surface area contributed by atoms with Crippen LogP contribution < -0.4 is 10.2 Å². The summed E-state index contributed by atoms with van der Waals surface area (Å²) in [4.78, 5) is 29.9. The fourth-order valence-electron chi connectivity index (χ4n) is 4.86. The molecule has 6 nitrogen and oxygen atoms in total. The molecule has 3 fully saturated rings. The minimum absolute atomic E-state index is 0.0249. The van der Waals surface area contributed by atoms with Gasteiger partial charge >= 0.3 is 0 Å². The summed E-state index contributed by atoms with van der Waals surface area (Å²) in [5.41, 5.74) is 1.94. The number of para-hydroxylation sites is 2. The SMILES string of the molecule is O=C(Nc1ccccc1N1CCOCC1)C1CCN(C(=O)C2CCCCC2)CC1. The van der Waals surface area contributed by atoms with Gasteiger partial charge in [0.1, 0.15) is 0 Å². The van der Waals surface area contributed by atoms with Crippen LogP contribution in [0.4, 0.5) is 11.4 Å². The summed E-state index contributed by atoms with van der Waals surface area (Å²) in [5, 5.41) is 3.16. The third-order valence-electron chi connectivity index (χ3n) is 6.65. The molecule has 1 N–H and O–H groups in total. The van der Waals surface area contributed by atoms with Gasteiger partial charge in [-0.15, -0.1) is 0 Å². The van der Waals surface area contributed by atoms with Crippen molar-refractivity contribution in [3.8, 4) is 0 Å². The average molecular weight is 400 g/mol. The van der Waals surface area contributed by atoms with Gasteiger partial charge in [0.05, 0.1) is 24.6 Å². The molecule has 158 valence electrons. The zero-order valence-corrected chi connectivity index (χ0v) is 17.3. The topological polar surface area (TPSA) is 61.9 Å². The first-order valence-electron chi connectivity index (χ1n) is 11.2. The second-order valence-electron chi connectivity index (χ2n) is 8.54. The fraction of sp³-hybridized carbons (Fsp3) is 0.652. The predicted octanol–water partition coefficient (Wildman–Crippen LogP) is 3.28. The van der Waals surface area contributed by atoms with Gasteiger partial charge in [-0.05, 0) is 37.8 Å². The number of amides is 2. The summed E-state index contributed by atoms with van der Waals surface area (Å²) in [6.45, 7) is 4.53. The molecular formula is C23H33N3O3. The predicted molar refractivity (Wildman–Crippen MR) is 114 cm³/mol. The van der Waals surface area contributed by atoms with Crippen molar-refractivity contribution >= 4 is 23.2 Å². The molecule has 2 saturated heterocycles. The number of nitrogens with zero attached hydrogens (tertiary/aromatic N) is 2. The van der Waals surface area contributed by atoms with E-state index in [4.69, 9.17) is 4.74 Å². The molecule has 0 atom stereocenters. The summed E-state index contributed by atoms with van der Waals surface area (Å²) in [5.74, 6) is 0.592. The summed E-state index contributed by atoms with van der Waals surface area (Å²) >= 11 is 0. The monoisotopic (exact) mass is 399 g/mol. The first-order valence-corrected chi connectivity index (χ1v) is 11.2. The van der Waals surface area contributed by atoms with E-state index in [0.29, 0.717) is 19.0 Å². The highest BCUT2D eigenvalue weighted by Crippen LogP contribution is 2.30. The average Bonchev–Trinajstić information content (AvgIpc) is 2.80. The van der Waals surface area contributed by atoms with Crippen LogP contribution in [0.3, 0.4) is 0 Å². The third-order valence-corrected chi connectivity index (χ3v) is 6.65. The second-order valence-corrected chi connectivity index (χ2v) is 8.54. The highest BCUT2D eigenvalue weighted by atomic mass is 16.5. The number of likely N-dealkylation sites (tertiary alicyclic amines) is 1. The molecule has 1 aromatic carbocycles. The van der Waals surface area contributed by atoms with Gasteiger partial charge in [-0.3, -0.25) is 9.59 Å². The smallest absolute Gasteiger partial charge is 0.227 e. The molecule has 6 heteroatoms. The van der Waals surface area contributed by atoms with Crippen molar-refractivity contribution in [1.29, 1.82) is 0 Å². The molecular weight excluding hydrogens is 366 g/mol. The molecule has 3 aliphatic rings. The minimum atomic E-state index is -0.0249. The van der Waals surface area contributed by atoms with Gasteiger partial charge in [0.25, 0.3) is 0 Å². The normalized spacial score (nSPS) is 21.8. The van der Waals surface area contributed by atoms with Gasteiger partial charge < -0.3 is 19.9 Å². The van der Waals surface area contributed by atoms with Crippen LogP contribution in [0.2, 0.25) is 0 Å². The van der Waals surface area contributed by atoms with Crippen molar-refractivity contribution in [2.75, 3.05) is 49.6 Å². The van der Waals surface area contributed by atoms with Gasteiger partial charge in [-0.2, -0.15) is 0 Å². The number of piperidine rings is 1. The number of ether oxygens (including phenoxy) is 1. The van der Waals surface area contributed by atoms with Crippen LogP contribution in [0.25, 0.3) is 0 Å². The van der Waals surface area contributed by atoms with Crippen molar-refractivity contribution in [2.24, 2.45) is 11.8 Å². The number of anilines is 2. The van der Waals surface area contributed by atoms with Gasteiger partial charge in [0.15, 0.2) is 0 Å². The first kappa shape index (κ1) is 20.2. The Hall–Kier alpha value is -2.08. The van der Waals surface area contributed by atoms with E-state index in [1.807, 2.05) is 23.1 Å². The Bertz CT molecular complexity index is 703. The first-order chi connectivity index (χ1) is 14.2. The minimum Gasteiger partial charge on any atom is -0.378 e. The Morgan fingerprint density at radius 1 is 0.862 bits per heavy atom. The van der Waals surface area contributed by atoms with Crippen LogP contribution in [-0.2, 0) is 14.3 Å². The largest absolute Gasteiger partial charge is 0.378 e. The van der Waals surface area contributed by atoms with Gasteiger partial charge in [-0.1, -0.05) is 31.4 Å². The number of nitrogens with one attached hydrogen (secondary N) is 1. The number of carbonyl (C=O) groups is 2. The Balaban J connectivity index is 1.32. The summed E-state index contributed by atoms with van der Waals surface area (Å²) in [7, 11) is 0. The lowest BCUT2D eigenvalue weighted by molar-refractivity contribution is -0.139. The number of hydrogen-bond donors (Lipinski definition) is 1. The van der Waals surface area contributed by atoms with E-state index in [2.05, 4.69) is 16.3 Å². The maximum atomic E-state index is 12.9.